The van der Waals surface area contributed by atoms with E-state index in [1.54, 1.807) is 47.2 Å². The highest BCUT2D eigenvalue weighted by molar-refractivity contribution is 8.23. The van der Waals surface area contributed by atoms with Gasteiger partial charge in [0.2, 0.25) is 0 Å². The fourth-order valence-corrected chi connectivity index (χ4v) is 5.53. The number of benzene rings is 1. The topological polar surface area (TPSA) is 120 Å². The van der Waals surface area contributed by atoms with Crippen LogP contribution in [0.15, 0.2) is 56.7 Å². The molecule has 0 atom stereocenters. The van der Waals surface area contributed by atoms with E-state index in [0.717, 1.165) is 32.1 Å². The zero-order valence-corrected chi connectivity index (χ0v) is 17.0. The van der Waals surface area contributed by atoms with Crippen molar-refractivity contribution in [3.63, 3.8) is 0 Å². The number of para-hydroxylation sites is 1. The normalized spacial score (nSPS) is 19.6. The third-order valence-electron chi connectivity index (χ3n) is 5.77. The van der Waals surface area contributed by atoms with E-state index < -0.39 is 16.3 Å². The molecule has 4 N–H and O–H groups in total. The Kier molecular flexibility index (Phi) is 4.53. The Morgan fingerprint density at radius 3 is 2.63 bits per heavy atom. The first-order chi connectivity index (χ1) is 14.5. The number of hydrogen-bond acceptors (Lipinski definition) is 7. The Hall–Kier alpha value is -2.88. The van der Waals surface area contributed by atoms with Gasteiger partial charge in [-0.05, 0) is 37.1 Å². The highest BCUT2D eigenvalue weighted by atomic mass is 32.3. The Morgan fingerprint density at radius 1 is 1.07 bits per heavy atom. The van der Waals surface area contributed by atoms with Crippen molar-refractivity contribution in [1.82, 2.24) is 9.55 Å². The van der Waals surface area contributed by atoms with Gasteiger partial charge in [-0.3, -0.25) is 18.5 Å². The minimum Gasteiger partial charge on any atom is -0.506 e. The number of nitrogens with one attached hydrogen (secondary N) is 1. The SMILES string of the molecule is O=c1c(C2=NS(O)(O)c3ccccc3N2)c(O)c2cccnc2n1C1CCCCC1. The minimum absolute atomic E-state index is 0.0279. The first-order valence-electron chi connectivity index (χ1n) is 9.94. The van der Waals surface area contributed by atoms with Gasteiger partial charge in [0, 0.05) is 12.2 Å². The van der Waals surface area contributed by atoms with E-state index in [9.17, 15) is 19.0 Å². The van der Waals surface area contributed by atoms with Gasteiger partial charge in [-0.25, -0.2) is 4.98 Å². The molecule has 1 aliphatic carbocycles. The van der Waals surface area contributed by atoms with Crippen molar-refractivity contribution in [1.29, 1.82) is 0 Å². The molecule has 0 radical (unpaired) electrons. The van der Waals surface area contributed by atoms with Crippen molar-refractivity contribution in [3.05, 3.63) is 58.5 Å². The summed E-state index contributed by atoms with van der Waals surface area (Å²) in [5, 5.41) is 14.4. The maximum Gasteiger partial charge on any atom is 0.267 e. The Labute approximate surface area is 174 Å². The molecular formula is C21H22N4O4S. The molecule has 1 saturated carbocycles. The molecule has 1 aromatic carbocycles. The number of nitrogens with zero attached hydrogens (tertiary/aromatic N) is 3. The average Bonchev–Trinajstić information content (AvgIpc) is 2.74. The molecule has 30 heavy (non-hydrogen) atoms. The molecule has 0 saturated heterocycles. The third-order valence-corrected chi connectivity index (χ3v) is 7.15. The van der Waals surface area contributed by atoms with Gasteiger partial charge in [-0.1, -0.05) is 42.2 Å². The molecule has 1 fully saturated rings. The van der Waals surface area contributed by atoms with Gasteiger partial charge in [0.15, 0.2) is 5.84 Å². The molecule has 3 heterocycles. The van der Waals surface area contributed by atoms with Crippen LogP contribution in [0.2, 0.25) is 0 Å². The monoisotopic (exact) mass is 426 g/mol. The van der Waals surface area contributed by atoms with Crippen LogP contribution in [-0.2, 0) is 0 Å². The summed E-state index contributed by atoms with van der Waals surface area (Å²) in [6.07, 6.45) is 6.49. The van der Waals surface area contributed by atoms with E-state index >= 15 is 0 Å². The molecule has 0 amide bonds. The summed E-state index contributed by atoms with van der Waals surface area (Å²) in [4.78, 5) is 18.2. The third kappa shape index (κ3) is 2.97. The largest absolute Gasteiger partial charge is 0.506 e. The molecule has 5 rings (SSSR count). The van der Waals surface area contributed by atoms with Gasteiger partial charge in [0.1, 0.15) is 21.9 Å². The van der Waals surface area contributed by atoms with E-state index in [2.05, 4.69) is 14.7 Å². The molecule has 0 unspecified atom stereocenters. The molecule has 3 aromatic rings. The summed E-state index contributed by atoms with van der Waals surface area (Å²) in [5.41, 5.74) is 0.359. The molecule has 0 spiro atoms. The lowest BCUT2D eigenvalue weighted by Gasteiger charge is -2.34. The number of pyridine rings is 2. The van der Waals surface area contributed by atoms with Crippen LogP contribution >= 0.6 is 10.8 Å². The average molecular weight is 426 g/mol. The molecular weight excluding hydrogens is 404 g/mol. The van der Waals surface area contributed by atoms with E-state index in [-0.39, 0.29) is 28.1 Å². The second kappa shape index (κ2) is 7.12. The van der Waals surface area contributed by atoms with Crippen molar-refractivity contribution in [2.75, 3.05) is 5.32 Å². The van der Waals surface area contributed by atoms with Crippen molar-refractivity contribution in [2.24, 2.45) is 4.40 Å². The highest BCUT2D eigenvalue weighted by Crippen LogP contribution is 2.55. The summed E-state index contributed by atoms with van der Waals surface area (Å²) < 4.78 is 26.8. The molecule has 8 nitrogen and oxygen atoms in total. The van der Waals surface area contributed by atoms with Gasteiger partial charge in [0.25, 0.3) is 5.56 Å². The molecule has 1 aliphatic heterocycles. The van der Waals surface area contributed by atoms with Gasteiger partial charge >= 0.3 is 0 Å². The fraction of sp³-hybridized carbons (Fsp3) is 0.286. The van der Waals surface area contributed by atoms with Crippen LogP contribution in [0.25, 0.3) is 11.0 Å². The van der Waals surface area contributed by atoms with Crippen molar-refractivity contribution < 1.29 is 14.2 Å². The lowest BCUT2D eigenvalue weighted by molar-refractivity contribution is 0.351. The van der Waals surface area contributed by atoms with Crippen LogP contribution in [-0.4, -0.2) is 29.6 Å². The fourth-order valence-electron chi connectivity index (χ4n) is 4.36. The Balaban J connectivity index is 1.76. The first-order valence-corrected chi connectivity index (χ1v) is 11.4. The standard InChI is InChI=1S/C21H22N4O4S/c26-18-14-9-6-12-22-20(14)25(13-7-2-1-3-8-13)21(27)17(18)19-23-15-10-4-5-11-16(15)30(28,29)24-19/h4-6,9-13,26,28-29H,1-3,7-8H2,(H,23,24). The summed E-state index contributed by atoms with van der Waals surface area (Å²) in [7, 11) is -3.51. The van der Waals surface area contributed by atoms with Gasteiger partial charge < -0.3 is 10.4 Å². The summed E-state index contributed by atoms with van der Waals surface area (Å²) >= 11 is 0. The second-order valence-electron chi connectivity index (χ2n) is 7.65. The highest BCUT2D eigenvalue weighted by Gasteiger charge is 2.31. The number of aromatic hydroxyl groups is 1. The minimum atomic E-state index is -3.51. The Bertz CT molecular complexity index is 1230. The zero-order chi connectivity index (χ0) is 20.9. The van der Waals surface area contributed by atoms with Gasteiger partial charge in [-0.15, -0.1) is 4.40 Å². The van der Waals surface area contributed by atoms with Crippen LogP contribution in [0.1, 0.15) is 43.7 Å². The Morgan fingerprint density at radius 2 is 1.83 bits per heavy atom. The summed E-state index contributed by atoms with van der Waals surface area (Å²) in [6.45, 7) is 0. The van der Waals surface area contributed by atoms with E-state index in [4.69, 9.17) is 0 Å². The maximum atomic E-state index is 13.6. The van der Waals surface area contributed by atoms with Crippen molar-refractivity contribution in [2.45, 2.75) is 43.0 Å². The van der Waals surface area contributed by atoms with Gasteiger partial charge in [-0.2, -0.15) is 0 Å². The van der Waals surface area contributed by atoms with Crippen LogP contribution < -0.4 is 10.9 Å². The number of anilines is 1. The smallest absolute Gasteiger partial charge is 0.267 e. The van der Waals surface area contributed by atoms with Crippen molar-refractivity contribution in [3.8, 4) is 5.75 Å². The van der Waals surface area contributed by atoms with E-state index in [0.29, 0.717) is 16.7 Å². The zero-order valence-electron chi connectivity index (χ0n) is 16.2. The predicted octanol–water partition coefficient (Wildman–Crippen LogP) is 4.50. The van der Waals surface area contributed by atoms with Crippen molar-refractivity contribution >= 4 is 33.3 Å². The molecule has 156 valence electrons. The first kappa shape index (κ1) is 19.1. The number of fused-ring (bicyclic) bond motifs is 2. The maximum absolute atomic E-state index is 13.6. The predicted molar refractivity (Wildman–Crippen MR) is 118 cm³/mol. The number of rotatable bonds is 2. The number of hydrogen-bond donors (Lipinski definition) is 4. The van der Waals surface area contributed by atoms with Crippen LogP contribution in [0.3, 0.4) is 0 Å². The molecule has 0 bridgehead atoms. The van der Waals surface area contributed by atoms with Gasteiger partial charge in [0.05, 0.1) is 11.1 Å². The van der Waals surface area contributed by atoms with E-state index in [1.807, 2.05) is 0 Å². The van der Waals surface area contributed by atoms with Crippen LogP contribution in [0.5, 0.6) is 5.75 Å². The molecule has 9 heteroatoms. The lowest BCUT2D eigenvalue weighted by atomic mass is 9.94. The summed E-state index contributed by atoms with van der Waals surface area (Å²) in [5.74, 6) is -0.317. The number of amidine groups is 1. The molecule has 2 aliphatic rings. The second-order valence-corrected chi connectivity index (χ2v) is 9.31. The lowest BCUT2D eigenvalue weighted by Crippen LogP contribution is -2.34. The van der Waals surface area contributed by atoms with Crippen LogP contribution in [0.4, 0.5) is 5.69 Å². The quantitative estimate of drug-likeness (QED) is 0.479. The molecule has 2 aromatic heterocycles. The number of aromatic nitrogens is 2. The van der Waals surface area contributed by atoms with E-state index in [1.165, 1.54) is 0 Å². The summed E-state index contributed by atoms with van der Waals surface area (Å²) in [6, 6.07) is 10.1. The van der Waals surface area contributed by atoms with Crippen LogP contribution in [0, 0.1) is 0 Å².